The second-order valence-corrected chi connectivity index (χ2v) is 5.11. The first-order chi connectivity index (χ1) is 9.40. The fraction of sp³-hybridized carbons (Fsp3) is 0.467. The number of carboxylic acid groups (broad SMARTS) is 1. The van der Waals surface area contributed by atoms with Gasteiger partial charge in [0.25, 0.3) is 0 Å². The summed E-state index contributed by atoms with van der Waals surface area (Å²) in [5.74, 6) is -0.372. The minimum absolute atomic E-state index is 0.198. The molecule has 1 atom stereocenters. The Labute approximate surface area is 118 Å². The smallest absolute Gasteiger partial charge is 0.326 e. The van der Waals surface area contributed by atoms with Crippen LogP contribution in [0.25, 0.3) is 0 Å². The number of benzene rings is 1. The molecule has 1 rings (SSSR count). The largest absolute Gasteiger partial charge is 0.493 e. The van der Waals surface area contributed by atoms with Gasteiger partial charge in [0, 0.05) is 13.3 Å². The zero-order valence-electron chi connectivity index (χ0n) is 12.1. The van der Waals surface area contributed by atoms with Crippen molar-refractivity contribution in [2.24, 2.45) is 5.92 Å². The van der Waals surface area contributed by atoms with E-state index in [1.165, 1.54) is 6.92 Å². The van der Waals surface area contributed by atoms with Crippen LogP contribution in [-0.4, -0.2) is 29.6 Å². The molecular formula is C15H21NO4. The van der Waals surface area contributed by atoms with Crippen molar-refractivity contribution in [1.29, 1.82) is 0 Å². The standard InChI is InChI=1S/C15H21NO4/c1-10(2)9-20-14-7-5-4-6-12(14)8-13(15(18)19)16-11(3)17/h4-7,10,13H,8-9H2,1-3H3,(H,16,17)(H,18,19). The van der Waals surface area contributed by atoms with Crippen molar-refractivity contribution >= 4 is 11.9 Å². The van der Waals surface area contributed by atoms with Gasteiger partial charge < -0.3 is 15.2 Å². The van der Waals surface area contributed by atoms with Crippen molar-refractivity contribution in [3.8, 4) is 5.75 Å². The summed E-state index contributed by atoms with van der Waals surface area (Å²) in [5, 5.41) is 11.6. The normalized spacial score (nSPS) is 12.0. The lowest BCUT2D eigenvalue weighted by molar-refractivity contribution is -0.141. The van der Waals surface area contributed by atoms with Crippen molar-refractivity contribution < 1.29 is 19.4 Å². The molecule has 5 nitrogen and oxygen atoms in total. The Balaban J connectivity index is 2.83. The van der Waals surface area contributed by atoms with Crippen LogP contribution in [-0.2, 0) is 16.0 Å². The number of ether oxygens (including phenoxy) is 1. The van der Waals surface area contributed by atoms with Crippen molar-refractivity contribution in [3.63, 3.8) is 0 Å². The fourth-order valence-electron chi connectivity index (χ4n) is 1.74. The van der Waals surface area contributed by atoms with Crippen molar-refractivity contribution in [2.75, 3.05) is 6.61 Å². The van der Waals surface area contributed by atoms with Crippen LogP contribution >= 0.6 is 0 Å². The number of para-hydroxylation sites is 1. The minimum Gasteiger partial charge on any atom is -0.493 e. The number of carboxylic acids is 1. The highest BCUT2D eigenvalue weighted by atomic mass is 16.5. The number of nitrogens with one attached hydrogen (secondary N) is 1. The molecule has 0 spiro atoms. The quantitative estimate of drug-likeness (QED) is 0.798. The highest BCUT2D eigenvalue weighted by molar-refractivity contribution is 5.82. The Kier molecular flexibility index (Phi) is 6.03. The maximum atomic E-state index is 11.2. The molecule has 1 unspecified atom stereocenters. The summed E-state index contributed by atoms with van der Waals surface area (Å²) in [7, 11) is 0. The highest BCUT2D eigenvalue weighted by Crippen LogP contribution is 2.20. The van der Waals surface area contributed by atoms with Crippen molar-refractivity contribution in [2.45, 2.75) is 33.2 Å². The maximum absolute atomic E-state index is 11.2. The van der Waals surface area contributed by atoms with Gasteiger partial charge in [0.1, 0.15) is 11.8 Å². The van der Waals surface area contributed by atoms with Crippen molar-refractivity contribution in [3.05, 3.63) is 29.8 Å². The zero-order valence-corrected chi connectivity index (χ0v) is 12.1. The molecule has 20 heavy (non-hydrogen) atoms. The number of carbonyl (C=O) groups excluding carboxylic acids is 1. The van der Waals surface area contributed by atoms with Crippen LogP contribution in [0.15, 0.2) is 24.3 Å². The van der Waals surface area contributed by atoms with Gasteiger partial charge in [-0.2, -0.15) is 0 Å². The number of carbonyl (C=O) groups is 2. The van der Waals surface area contributed by atoms with Gasteiger partial charge in [-0.15, -0.1) is 0 Å². The third-order valence-electron chi connectivity index (χ3n) is 2.64. The Bertz CT molecular complexity index is 471. The Morgan fingerprint density at radius 2 is 1.95 bits per heavy atom. The van der Waals surface area contributed by atoms with Gasteiger partial charge in [-0.3, -0.25) is 4.79 Å². The lowest BCUT2D eigenvalue weighted by atomic mass is 10.0. The molecule has 0 radical (unpaired) electrons. The van der Waals surface area contributed by atoms with E-state index in [1.807, 2.05) is 38.1 Å². The van der Waals surface area contributed by atoms with E-state index in [9.17, 15) is 9.59 Å². The molecule has 0 heterocycles. The molecule has 0 saturated carbocycles. The van der Waals surface area contributed by atoms with E-state index in [4.69, 9.17) is 9.84 Å². The predicted molar refractivity (Wildman–Crippen MR) is 75.7 cm³/mol. The van der Waals surface area contributed by atoms with E-state index >= 15 is 0 Å². The first-order valence-electron chi connectivity index (χ1n) is 6.60. The van der Waals surface area contributed by atoms with Gasteiger partial charge >= 0.3 is 5.97 Å². The van der Waals surface area contributed by atoms with Crippen LogP contribution in [0.2, 0.25) is 0 Å². The van der Waals surface area contributed by atoms with Crippen LogP contribution in [0.5, 0.6) is 5.75 Å². The van der Waals surface area contributed by atoms with E-state index in [1.54, 1.807) is 0 Å². The van der Waals surface area contributed by atoms with Gasteiger partial charge in [0.15, 0.2) is 0 Å². The number of rotatable bonds is 7. The van der Waals surface area contributed by atoms with E-state index < -0.39 is 12.0 Å². The summed E-state index contributed by atoms with van der Waals surface area (Å²) >= 11 is 0. The van der Waals surface area contributed by atoms with Crippen LogP contribution in [0.3, 0.4) is 0 Å². The van der Waals surface area contributed by atoms with E-state index in [0.29, 0.717) is 18.3 Å². The molecule has 0 aliphatic rings. The maximum Gasteiger partial charge on any atom is 0.326 e. The second-order valence-electron chi connectivity index (χ2n) is 5.11. The summed E-state index contributed by atoms with van der Waals surface area (Å²) in [6.45, 7) is 5.95. The van der Waals surface area contributed by atoms with Crippen LogP contribution < -0.4 is 10.1 Å². The Morgan fingerprint density at radius 1 is 1.30 bits per heavy atom. The number of aliphatic carboxylic acids is 1. The summed E-state index contributed by atoms with van der Waals surface area (Å²) in [5.41, 5.74) is 0.773. The van der Waals surface area contributed by atoms with Crippen LogP contribution in [0.1, 0.15) is 26.3 Å². The highest BCUT2D eigenvalue weighted by Gasteiger charge is 2.20. The third kappa shape index (κ3) is 5.30. The molecule has 5 heteroatoms. The monoisotopic (exact) mass is 279 g/mol. The predicted octanol–water partition coefficient (Wildman–Crippen LogP) is 1.85. The van der Waals surface area contributed by atoms with Gasteiger partial charge in [-0.1, -0.05) is 32.0 Å². The first-order valence-corrected chi connectivity index (χ1v) is 6.60. The molecule has 110 valence electrons. The lowest BCUT2D eigenvalue weighted by Gasteiger charge is -2.17. The molecule has 0 saturated heterocycles. The van der Waals surface area contributed by atoms with Crippen LogP contribution in [0.4, 0.5) is 0 Å². The SMILES string of the molecule is CC(=O)NC(Cc1ccccc1OCC(C)C)C(=O)O. The molecule has 1 aromatic rings. The summed E-state index contributed by atoms with van der Waals surface area (Å²) < 4.78 is 5.68. The summed E-state index contributed by atoms with van der Waals surface area (Å²) in [6.07, 6.45) is 0.198. The fourth-order valence-corrected chi connectivity index (χ4v) is 1.74. The lowest BCUT2D eigenvalue weighted by Crippen LogP contribution is -2.41. The molecular weight excluding hydrogens is 258 g/mol. The first kappa shape index (κ1) is 16.0. The second kappa shape index (κ2) is 7.53. The number of hydrogen-bond acceptors (Lipinski definition) is 3. The molecule has 1 aromatic carbocycles. The zero-order chi connectivity index (χ0) is 15.1. The Hall–Kier alpha value is -2.04. The van der Waals surface area contributed by atoms with E-state index in [-0.39, 0.29) is 12.3 Å². The molecule has 2 N–H and O–H groups in total. The molecule has 0 aromatic heterocycles. The average Bonchev–Trinajstić information content (AvgIpc) is 2.36. The molecule has 0 aliphatic heterocycles. The Morgan fingerprint density at radius 3 is 2.50 bits per heavy atom. The van der Waals surface area contributed by atoms with Gasteiger partial charge in [-0.05, 0) is 17.5 Å². The van der Waals surface area contributed by atoms with E-state index in [0.717, 1.165) is 5.56 Å². The molecule has 0 fully saturated rings. The average molecular weight is 279 g/mol. The number of amides is 1. The summed E-state index contributed by atoms with van der Waals surface area (Å²) in [4.78, 5) is 22.2. The van der Waals surface area contributed by atoms with Gasteiger partial charge in [0.05, 0.1) is 6.61 Å². The molecule has 1 amide bonds. The molecule has 0 bridgehead atoms. The van der Waals surface area contributed by atoms with Crippen LogP contribution in [0, 0.1) is 5.92 Å². The van der Waals surface area contributed by atoms with Crippen molar-refractivity contribution in [1.82, 2.24) is 5.32 Å². The van der Waals surface area contributed by atoms with Gasteiger partial charge in [0.2, 0.25) is 5.91 Å². The number of hydrogen-bond donors (Lipinski definition) is 2. The molecule has 0 aliphatic carbocycles. The minimum atomic E-state index is -1.06. The summed E-state index contributed by atoms with van der Waals surface area (Å²) in [6, 6.07) is 6.34. The third-order valence-corrected chi connectivity index (χ3v) is 2.64. The topological polar surface area (TPSA) is 75.6 Å². The van der Waals surface area contributed by atoms with Gasteiger partial charge in [-0.25, -0.2) is 4.79 Å². The van der Waals surface area contributed by atoms with E-state index in [2.05, 4.69) is 5.32 Å².